The first-order valence-corrected chi connectivity index (χ1v) is 3.36. The van der Waals surface area contributed by atoms with Crippen LogP contribution in [0, 0.1) is 0 Å². The van der Waals surface area contributed by atoms with Crippen LogP contribution < -0.4 is 16.4 Å². The minimum Gasteiger partial charge on any atom is -0.355 e. The zero-order valence-electron chi connectivity index (χ0n) is 6.48. The quantitative estimate of drug-likeness (QED) is 0.352. The molecule has 0 heterocycles. The van der Waals surface area contributed by atoms with Crippen LogP contribution >= 0.6 is 0 Å². The lowest BCUT2D eigenvalue weighted by Crippen LogP contribution is -2.39. The molecule has 0 aromatic rings. The average molecular weight is 145 g/mol. The Balaban J connectivity index is 2.98. The molecule has 0 aliphatic rings. The molecule has 4 nitrogen and oxygen atoms in total. The lowest BCUT2D eigenvalue weighted by molar-refractivity contribution is -0.118. The molecular formula is C6H15N3O. The van der Waals surface area contributed by atoms with E-state index in [-0.39, 0.29) is 12.1 Å². The lowest BCUT2D eigenvalue weighted by Gasteiger charge is -2.07. The van der Waals surface area contributed by atoms with Crippen LogP contribution in [-0.2, 0) is 4.79 Å². The van der Waals surface area contributed by atoms with Gasteiger partial charge < -0.3 is 16.4 Å². The highest BCUT2D eigenvalue weighted by Gasteiger charge is 1.91. The summed E-state index contributed by atoms with van der Waals surface area (Å²) in [4.78, 5) is 10.3. The van der Waals surface area contributed by atoms with Gasteiger partial charge in [0.1, 0.15) is 0 Å². The second kappa shape index (κ2) is 5.20. The molecule has 1 atom stereocenters. The molecule has 4 N–H and O–H groups in total. The smallest absolute Gasteiger partial charge is 0.216 e. The van der Waals surface area contributed by atoms with Gasteiger partial charge >= 0.3 is 0 Å². The molecule has 0 saturated carbocycles. The Hall–Kier alpha value is -0.610. The molecule has 0 aromatic heterocycles. The Morgan fingerprint density at radius 2 is 2.20 bits per heavy atom. The van der Waals surface area contributed by atoms with Crippen molar-refractivity contribution in [3.8, 4) is 0 Å². The van der Waals surface area contributed by atoms with E-state index in [2.05, 4.69) is 10.6 Å². The Morgan fingerprint density at radius 3 is 2.60 bits per heavy atom. The normalized spacial score (nSPS) is 12.7. The Morgan fingerprint density at radius 1 is 1.60 bits per heavy atom. The predicted octanol–water partition coefficient (Wildman–Crippen LogP) is -0.983. The molecule has 0 spiro atoms. The predicted molar refractivity (Wildman–Crippen MR) is 40.3 cm³/mol. The van der Waals surface area contributed by atoms with Crippen molar-refractivity contribution >= 4 is 5.91 Å². The number of hydrogen-bond acceptors (Lipinski definition) is 3. The SMILES string of the molecule is CC(=O)NCCNC(C)N. The number of nitrogens with two attached hydrogens (primary N) is 1. The summed E-state index contributed by atoms with van der Waals surface area (Å²) in [7, 11) is 0. The van der Waals surface area contributed by atoms with Crippen molar-refractivity contribution in [3.05, 3.63) is 0 Å². The van der Waals surface area contributed by atoms with Crippen LogP contribution in [0.4, 0.5) is 0 Å². The summed E-state index contributed by atoms with van der Waals surface area (Å²) < 4.78 is 0. The number of carbonyl (C=O) groups excluding carboxylic acids is 1. The van der Waals surface area contributed by atoms with Gasteiger partial charge in [0.15, 0.2) is 0 Å². The van der Waals surface area contributed by atoms with Crippen LogP contribution in [0.5, 0.6) is 0 Å². The second-order valence-electron chi connectivity index (χ2n) is 2.23. The lowest BCUT2D eigenvalue weighted by atomic mass is 10.5. The summed E-state index contributed by atoms with van der Waals surface area (Å²) in [6, 6.07) is 0. The minimum atomic E-state index is -0.00789. The van der Waals surface area contributed by atoms with Gasteiger partial charge in [-0.15, -0.1) is 0 Å². The van der Waals surface area contributed by atoms with Crippen LogP contribution in [0.15, 0.2) is 0 Å². The molecule has 0 bridgehead atoms. The molecule has 10 heavy (non-hydrogen) atoms. The van der Waals surface area contributed by atoms with Gasteiger partial charge in [-0.3, -0.25) is 4.79 Å². The van der Waals surface area contributed by atoms with Gasteiger partial charge in [0, 0.05) is 20.0 Å². The van der Waals surface area contributed by atoms with Crippen molar-refractivity contribution in [2.24, 2.45) is 5.73 Å². The summed E-state index contributed by atoms with van der Waals surface area (Å²) in [5.74, 6) is -0.00789. The molecule has 1 unspecified atom stereocenters. The maximum absolute atomic E-state index is 10.3. The zero-order chi connectivity index (χ0) is 7.98. The van der Waals surface area contributed by atoms with E-state index in [1.807, 2.05) is 6.92 Å². The number of carbonyl (C=O) groups is 1. The van der Waals surface area contributed by atoms with Crippen molar-refractivity contribution in [1.82, 2.24) is 10.6 Å². The summed E-state index contributed by atoms with van der Waals surface area (Å²) in [5, 5.41) is 5.61. The van der Waals surface area contributed by atoms with Gasteiger partial charge in [-0.2, -0.15) is 0 Å². The third-order valence-electron chi connectivity index (χ3n) is 0.965. The van der Waals surface area contributed by atoms with Crippen LogP contribution in [0.25, 0.3) is 0 Å². The first kappa shape index (κ1) is 9.39. The van der Waals surface area contributed by atoms with E-state index < -0.39 is 0 Å². The zero-order valence-corrected chi connectivity index (χ0v) is 6.48. The third kappa shape index (κ3) is 7.39. The van der Waals surface area contributed by atoms with Crippen LogP contribution in [0.1, 0.15) is 13.8 Å². The van der Waals surface area contributed by atoms with Gasteiger partial charge in [-0.25, -0.2) is 0 Å². The first-order chi connectivity index (χ1) is 4.63. The molecule has 4 heteroatoms. The van der Waals surface area contributed by atoms with E-state index in [9.17, 15) is 4.79 Å². The molecule has 0 rings (SSSR count). The number of hydrogen-bond donors (Lipinski definition) is 3. The van der Waals surface area contributed by atoms with E-state index in [0.717, 1.165) is 6.54 Å². The fraction of sp³-hybridized carbons (Fsp3) is 0.833. The van der Waals surface area contributed by atoms with Gasteiger partial charge in [0.25, 0.3) is 0 Å². The number of nitrogens with one attached hydrogen (secondary N) is 2. The van der Waals surface area contributed by atoms with E-state index in [0.29, 0.717) is 6.54 Å². The molecular weight excluding hydrogens is 130 g/mol. The van der Waals surface area contributed by atoms with Crippen LogP contribution in [0.3, 0.4) is 0 Å². The number of amides is 1. The second-order valence-corrected chi connectivity index (χ2v) is 2.23. The van der Waals surface area contributed by atoms with Gasteiger partial charge in [-0.05, 0) is 6.92 Å². The third-order valence-corrected chi connectivity index (χ3v) is 0.965. The fourth-order valence-corrected chi connectivity index (χ4v) is 0.538. The Bertz CT molecular complexity index is 103. The van der Waals surface area contributed by atoms with Crippen LogP contribution in [0.2, 0.25) is 0 Å². The summed E-state index contributed by atoms with van der Waals surface area (Å²) in [6.45, 7) is 4.70. The van der Waals surface area contributed by atoms with Gasteiger partial charge in [-0.1, -0.05) is 0 Å². The van der Waals surface area contributed by atoms with Crippen molar-refractivity contribution < 1.29 is 4.79 Å². The molecule has 0 aromatic carbocycles. The maximum atomic E-state index is 10.3. The Labute approximate surface area is 61.2 Å². The van der Waals surface area contributed by atoms with E-state index >= 15 is 0 Å². The molecule has 60 valence electrons. The molecule has 1 amide bonds. The van der Waals surface area contributed by atoms with Gasteiger partial charge in [0.2, 0.25) is 5.91 Å². The summed E-state index contributed by atoms with van der Waals surface area (Å²) in [5.41, 5.74) is 5.39. The van der Waals surface area contributed by atoms with Crippen molar-refractivity contribution in [2.75, 3.05) is 13.1 Å². The highest BCUT2D eigenvalue weighted by Crippen LogP contribution is 1.64. The molecule has 0 fully saturated rings. The first-order valence-electron chi connectivity index (χ1n) is 3.36. The highest BCUT2D eigenvalue weighted by atomic mass is 16.1. The van der Waals surface area contributed by atoms with Crippen molar-refractivity contribution in [1.29, 1.82) is 0 Å². The van der Waals surface area contributed by atoms with E-state index in [1.165, 1.54) is 6.92 Å². The molecule has 0 aliphatic carbocycles. The number of rotatable bonds is 4. The molecule has 0 saturated heterocycles. The largest absolute Gasteiger partial charge is 0.355 e. The average Bonchev–Trinajstić information content (AvgIpc) is 1.79. The van der Waals surface area contributed by atoms with Crippen LogP contribution in [-0.4, -0.2) is 25.2 Å². The topological polar surface area (TPSA) is 67.2 Å². The Kier molecular flexibility index (Phi) is 4.88. The standard InChI is InChI=1S/C6H15N3O/c1-5(7)8-3-4-9-6(2)10/h5,8H,3-4,7H2,1-2H3,(H,9,10). The molecule has 0 aliphatic heterocycles. The van der Waals surface area contributed by atoms with E-state index in [1.54, 1.807) is 0 Å². The maximum Gasteiger partial charge on any atom is 0.216 e. The monoisotopic (exact) mass is 145 g/mol. The fourth-order valence-electron chi connectivity index (χ4n) is 0.538. The summed E-state index contributed by atoms with van der Waals surface area (Å²) >= 11 is 0. The van der Waals surface area contributed by atoms with Gasteiger partial charge in [0.05, 0.1) is 6.17 Å². The van der Waals surface area contributed by atoms with E-state index in [4.69, 9.17) is 5.73 Å². The van der Waals surface area contributed by atoms with Crippen molar-refractivity contribution in [2.45, 2.75) is 20.0 Å². The summed E-state index contributed by atoms with van der Waals surface area (Å²) in [6.07, 6.45) is -0.00578. The minimum absolute atomic E-state index is 0.00578. The molecule has 0 radical (unpaired) electrons. The highest BCUT2D eigenvalue weighted by molar-refractivity contribution is 5.72. The van der Waals surface area contributed by atoms with Crippen molar-refractivity contribution in [3.63, 3.8) is 0 Å².